The number of aliphatic hydroxyl groups is 1. The summed E-state index contributed by atoms with van der Waals surface area (Å²) in [5.74, 6) is 0. The number of nitrogens with one attached hydrogen (secondary N) is 2. The minimum absolute atomic E-state index is 0.00671. The maximum atomic E-state index is 9.35. The molecular formula is C13H22N2OS2. The molecule has 1 atom stereocenters. The molecule has 1 heterocycles. The second-order valence-electron chi connectivity index (χ2n) is 5.40. The number of thiophene rings is 1. The SMILES string of the molecule is CC(C)(C)NC(=S)NC(CO)CCc1ccsc1. The molecule has 0 aliphatic rings. The standard InChI is InChI=1S/C13H22N2OS2/c1-13(2,3)15-12(17)14-11(8-16)5-4-10-6-7-18-9-10/h6-7,9,11,16H,4-5,8H2,1-3H3,(H2,14,15,17). The van der Waals surface area contributed by atoms with E-state index in [1.54, 1.807) is 11.3 Å². The topological polar surface area (TPSA) is 44.3 Å². The molecule has 18 heavy (non-hydrogen) atoms. The molecule has 5 heteroatoms. The largest absolute Gasteiger partial charge is 0.394 e. The summed E-state index contributed by atoms with van der Waals surface area (Å²) in [6.07, 6.45) is 1.83. The molecule has 1 unspecified atom stereocenters. The number of rotatable bonds is 5. The molecular weight excluding hydrogens is 264 g/mol. The van der Waals surface area contributed by atoms with Crippen LogP contribution in [0.25, 0.3) is 0 Å². The van der Waals surface area contributed by atoms with Crippen molar-refractivity contribution in [3.63, 3.8) is 0 Å². The smallest absolute Gasteiger partial charge is 0.166 e. The minimum Gasteiger partial charge on any atom is -0.394 e. The molecule has 1 aromatic heterocycles. The normalized spacial score (nSPS) is 13.1. The van der Waals surface area contributed by atoms with Crippen molar-refractivity contribution in [3.05, 3.63) is 22.4 Å². The number of hydrogen-bond acceptors (Lipinski definition) is 3. The first-order valence-electron chi connectivity index (χ1n) is 6.11. The maximum Gasteiger partial charge on any atom is 0.166 e. The summed E-state index contributed by atoms with van der Waals surface area (Å²) < 4.78 is 0. The van der Waals surface area contributed by atoms with E-state index in [1.165, 1.54) is 5.56 Å². The Morgan fingerprint density at radius 2 is 2.22 bits per heavy atom. The molecule has 0 aliphatic carbocycles. The predicted molar refractivity (Wildman–Crippen MR) is 82.1 cm³/mol. The molecule has 0 aromatic carbocycles. The van der Waals surface area contributed by atoms with Gasteiger partial charge in [-0.15, -0.1) is 0 Å². The van der Waals surface area contributed by atoms with E-state index < -0.39 is 0 Å². The molecule has 1 rings (SSSR count). The van der Waals surface area contributed by atoms with E-state index in [1.807, 2.05) is 0 Å². The summed E-state index contributed by atoms with van der Waals surface area (Å²) in [7, 11) is 0. The molecule has 0 saturated carbocycles. The second-order valence-corrected chi connectivity index (χ2v) is 6.59. The fraction of sp³-hybridized carbons (Fsp3) is 0.615. The maximum absolute atomic E-state index is 9.35. The molecule has 0 amide bonds. The van der Waals surface area contributed by atoms with Crippen LogP contribution in [0.15, 0.2) is 16.8 Å². The lowest BCUT2D eigenvalue weighted by Crippen LogP contribution is -2.50. The Morgan fingerprint density at radius 1 is 1.50 bits per heavy atom. The van der Waals surface area contributed by atoms with Crippen LogP contribution >= 0.6 is 23.6 Å². The Balaban J connectivity index is 2.35. The average Bonchev–Trinajstić information content (AvgIpc) is 2.74. The summed E-state index contributed by atoms with van der Waals surface area (Å²) in [5.41, 5.74) is 1.26. The van der Waals surface area contributed by atoms with Crippen molar-refractivity contribution in [1.29, 1.82) is 0 Å². The van der Waals surface area contributed by atoms with Gasteiger partial charge in [0.15, 0.2) is 5.11 Å². The van der Waals surface area contributed by atoms with E-state index in [2.05, 4.69) is 48.2 Å². The Kier molecular flexibility index (Phi) is 6.05. The third-order valence-electron chi connectivity index (χ3n) is 2.41. The quantitative estimate of drug-likeness (QED) is 0.727. The van der Waals surface area contributed by atoms with Crippen LogP contribution in [0, 0.1) is 0 Å². The number of aliphatic hydroxyl groups excluding tert-OH is 1. The van der Waals surface area contributed by atoms with Gasteiger partial charge in [-0.05, 0) is 68.2 Å². The third kappa shape index (κ3) is 6.33. The minimum atomic E-state index is -0.0581. The van der Waals surface area contributed by atoms with Crippen molar-refractivity contribution in [2.75, 3.05) is 6.61 Å². The highest BCUT2D eigenvalue weighted by molar-refractivity contribution is 7.80. The highest BCUT2D eigenvalue weighted by Gasteiger charge is 2.14. The first-order chi connectivity index (χ1) is 8.40. The second kappa shape index (κ2) is 7.07. The van der Waals surface area contributed by atoms with E-state index >= 15 is 0 Å². The molecule has 0 fully saturated rings. The highest BCUT2D eigenvalue weighted by Crippen LogP contribution is 2.09. The number of hydrogen-bond donors (Lipinski definition) is 3. The molecule has 0 saturated heterocycles. The van der Waals surface area contributed by atoms with Gasteiger partial charge in [0.25, 0.3) is 0 Å². The predicted octanol–water partition coefficient (Wildman–Crippen LogP) is 2.30. The third-order valence-corrected chi connectivity index (χ3v) is 3.36. The van der Waals surface area contributed by atoms with E-state index in [-0.39, 0.29) is 18.2 Å². The fourth-order valence-electron chi connectivity index (χ4n) is 1.55. The molecule has 1 aromatic rings. The van der Waals surface area contributed by atoms with Crippen LogP contribution in [0.3, 0.4) is 0 Å². The van der Waals surface area contributed by atoms with Gasteiger partial charge in [0.05, 0.1) is 12.6 Å². The van der Waals surface area contributed by atoms with Crippen LogP contribution in [0.5, 0.6) is 0 Å². The van der Waals surface area contributed by atoms with Gasteiger partial charge in [-0.2, -0.15) is 11.3 Å². The average molecular weight is 286 g/mol. The van der Waals surface area contributed by atoms with Crippen LogP contribution in [0.4, 0.5) is 0 Å². The van der Waals surface area contributed by atoms with Gasteiger partial charge in [-0.3, -0.25) is 0 Å². The highest BCUT2D eigenvalue weighted by atomic mass is 32.1. The van der Waals surface area contributed by atoms with Gasteiger partial charge in [-0.1, -0.05) is 0 Å². The van der Waals surface area contributed by atoms with Gasteiger partial charge in [-0.25, -0.2) is 0 Å². The number of aryl methyl sites for hydroxylation is 1. The van der Waals surface area contributed by atoms with Gasteiger partial charge in [0, 0.05) is 5.54 Å². The van der Waals surface area contributed by atoms with Crippen LogP contribution in [0.2, 0.25) is 0 Å². The van der Waals surface area contributed by atoms with Crippen molar-refractivity contribution < 1.29 is 5.11 Å². The van der Waals surface area contributed by atoms with Gasteiger partial charge < -0.3 is 15.7 Å². The van der Waals surface area contributed by atoms with Crippen LogP contribution < -0.4 is 10.6 Å². The van der Waals surface area contributed by atoms with Crippen molar-refractivity contribution in [2.24, 2.45) is 0 Å². The van der Waals surface area contributed by atoms with E-state index in [9.17, 15) is 5.11 Å². The van der Waals surface area contributed by atoms with E-state index in [0.29, 0.717) is 5.11 Å². The molecule has 3 nitrogen and oxygen atoms in total. The summed E-state index contributed by atoms with van der Waals surface area (Å²) in [5, 5.41) is 20.5. The van der Waals surface area contributed by atoms with E-state index in [0.717, 1.165) is 12.8 Å². The van der Waals surface area contributed by atoms with Crippen LogP contribution in [-0.2, 0) is 6.42 Å². The monoisotopic (exact) mass is 286 g/mol. The van der Waals surface area contributed by atoms with Crippen molar-refractivity contribution >= 4 is 28.7 Å². The Bertz CT molecular complexity index is 358. The molecule has 102 valence electrons. The van der Waals surface area contributed by atoms with Crippen LogP contribution in [0.1, 0.15) is 32.8 Å². The van der Waals surface area contributed by atoms with Gasteiger partial charge in [0.2, 0.25) is 0 Å². The summed E-state index contributed by atoms with van der Waals surface area (Å²) in [6.45, 7) is 6.26. The summed E-state index contributed by atoms with van der Waals surface area (Å²) in [6, 6.07) is 2.12. The van der Waals surface area contributed by atoms with Gasteiger partial charge >= 0.3 is 0 Å². The van der Waals surface area contributed by atoms with Crippen molar-refractivity contribution in [1.82, 2.24) is 10.6 Å². The first kappa shape index (κ1) is 15.4. The molecule has 0 spiro atoms. The first-order valence-corrected chi connectivity index (χ1v) is 7.46. The summed E-state index contributed by atoms with van der Waals surface area (Å²) in [4.78, 5) is 0. The van der Waals surface area contributed by atoms with Crippen molar-refractivity contribution in [2.45, 2.75) is 45.2 Å². The zero-order valence-corrected chi connectivity index (χ0v) is 12.8. The van der Waals surface area contributed by atoms with Crippen LogP contribution in [-0.4, -0.2) is 28.4 Å². The zero-order valence-electron chi connectivity index (χ0n) is 11.2. The van der Waals surface area contributed by atoms with Crippen molar-refractivity contribution in [3.8, 4) is 0 Å². The Morgan fingerprint density at radius 3 is 2.72 bits per heavy atom. The number of thiocarbonyl (C=S) groups is 1. The Labute approximate surface area is 119 Å². The fourth-order valence-corrected chi connectivity index (χ4v) is 2.72. The Hall–Kier alpha value is -0.650. The lowest BCUT2D eigenvalue weighted by molar-refractivity contribution is 0.248. The van der Waals surface area contributed by atoms with E-state index in [4.69, 9.17) is 12.2 Å². The van der Waals surface area contributed by atoms with Gasteiger partial charge in [0.1, 0.15) is 0 Å². The molecule has 0 aliphatic heterocycles. The lowest BCUT2D eigenvalue weighted by Gasteiger charge is -2.26. The summed E-state index contributed by atoms with van der Waals surface area (Å²) >= 11 is 6.93. The molecule has 3 N–H and O–H groups in total. The lowest BCUT2D eigenvalue weighted by atomic mass is 10.1. The molecule has 0 radical (unpaired) electrons. The molecule has 0 bridgehead atoms. The zero-order chi connectivity index (χ0) is 13.6.